The minimum Gasteiger partial charge on any atom is -0.352 e. The molecule has 0 unspecified atom stereocenters. The Morgan fingerprint density at radius 3 is 2.16 bits per heavy atom. The van der Waals surface area contributed by atoms with Crippen LogP contribution in [0.1, 0.15) is 31.4 Å². The fourth-order valence-electron chi connectivity index (χ4n) is 4.68. The zero-order valence-corrected chi connectivity index (χ0v) is 26.1. The van der Waals surface area contributed by atoms with E-state index >= 15 is 0 Å². The number of nitrogens with one attached hydrogen (secondary N) is 1. The Balaban J connectivity index is 1.81. The van der Waals surface area contributed by atoms with Crippen molar-refractivity contribution in [1.82, 2.24) is 10.2 Å². The van der Waals surface area contributed by atoms with Crippen LogP contribution >= 0.6 is 11.6 Å². The Morgan fingerprint density at radius 2 is 1.52 bits per heavy atom. The monoisotopic (exact) mass is 635 g/mol. The lowest BCUT2D eigenvalue weighted by molar-refractivity contribution is -0.140. The molecule has 0 bridgehead atoms. The summed E-state index contributed by atoms with van der Waals surface area (Å²) < 4.78 is 43.9. The molecule has 0 spiro atoms. The van der Waals surface area contributed by atoms with E-state index in [1.54, 1.807) is 36.4 Å². The molecule has 0 aliphatic heterocycles. The van der Waals surface area contributed by atoms with E-state index in [4.69, 9.17) is 11.6 Å². The number of nitrogens with zero attached hydrogens (tertiary/aromatic N) is 2. The third-order valence-corrected chi connectivity index (χ3v) is 9.30. The molecule has 0 saturated carbocycles. The predicted octanol–water partition coefficient (Wildman–Crippen LogP) is 6.23. The van der Waals surface area contributed by atoms with Crippen LogP contribution in [0.15, 0.2) is 114 Å². The number of sulfonamides is 1. The second-order valence-corrected chi connectivity index (χ2v) is 12.7. The van der Waals surface area contributed by atoms with Gasteiger partial charge in [0, 0.05) is 29.6 Å². The van der Waals surface area contributed by atoms with Gasteiger partial charge in [-0.1, -0.05) is 91.3 Å². The van der Waals surface area contributed by atoms with E-state index in [1.807, 2.05) is 44.2 Å². The normalized spacial score (nSPS) is 12.6. The van der Waals surface area contributed by atoms with Gasteiger partial charge in [-0.25, -0.2) is 12.8 Å². The van der Waals surface area contributed by atoms with Crippen molar-refractivity contribution < 1.29 is 22.4 Å². The van der Waals surface area contributed by atoms with Crippen molar-refractivity contribution in [2.24, 2.45) is 0 Å². The molecular weight excluding hydrogens is 601 g/mol. The average Bonchev–Trinajstić information content (AvgIpc) is 3.03. The zero-order chi connectivity index (χ0) is 31.7. The number of hydrogen-bond donors (Lipinski definition) is 1. The molecule has 4 rings (SSSR count). The molecule has 4 aromatic rings. The van der Waals surface area contributed by atoms with Gasteiger partial charge >= 0.3 is 0 Å². The molecular formula is C34H35ClFN3O4S. The van der Waals surface area contributed by atoms with Crippen molar-refractivity contribution >= 4 is 39.1 Å². The number of hydrogen-bond acceptors (Lipinski definition) is 4. The van der Waals surface area contributed by atoms with Crippen LogP contribution < -0.4 is 9.62 Å². The standard InChI is InChI=1S/C34H35ClFN3O4S/c1-3-25(2)37-34(41)32(21-26-13-6-4-7-14-26)38(23-27-15-10-11-20-31(27)36)33(40)24-39(29-17-12-16-28(35)22-29)44(42,43)30-18-8-5-9-19-30/h4-20,22,25,32H,3,21,23-24H2,1-2H3,(H,37,41)/t25-,32+/m0/s1. The summed E-state index contributed by atoms with van der Waals surface area (Å²) in [6.45, 7) is 2.87. The molecule has 0 aliphatic carbocycles. The summed E-state index contributed by atoms with van der Waals surface area (Å²) in [7, 11) is -4.26. The Kier molecular flexibility index (Phi) is 11.1. The minimum absolute atomic E-state index is 0.0243. The second-order valence-electron chi connectivity index (χ2n) is 10.4. The Bertz CT molecular complexity index is 1670. The predicted molar refractivity (Wildman–Crippen MR) is 171 cm³/mol. The maximum absolute atomic E-state index is 15.0. The van der Waals surface area contributed by atoms with Crippen LogP contribution in [0.2, 0.25) is 5.02 Å². The summed E-state index contributed by atoms with van der Waals surface area (Å²) in [5.41, 5.74) is 1.14. The Hall–Kier alpha value is -4.21. The minimum atomic E-state index is -4.26. The summed E-state index contributed by atoms with van der Waals surface area (Å²) in [5.74, 6) is -1.66. The molecule has 2 amide bonds. The first kappa shape index (κ1) is 32.7. The molecule has 7 nitrogen and oxygen atoms in total. The van der Waals surface area contributed by atoms with Crippen molar-refractivity contribution in [3.8, 4) is 0 Å². The second kappa shape index (κ2) is 15.0. The number of rotatable bonds is 13. The largest absolute Gasteiger partial charge is 0.352 e. The number of benzene rings is 4. The molecule has 44 heavy (non-hydrogen) atoms. The van der Waals surface area contributed by atoms with E-state index in [-0.39, 0.29) is 40.2 Å². The molecule has 4 aromatic carbocycles. The van der Waals surface area contributed by atoms with E-state index in [9.17, 15) is 22.4 Å². The third kappa shape index (κ3) is 8.24. The quantitative estimate of drug-likeness (QED) is 0.189. The van der Waals surface area contributed by atoms with Crippen molar-refractivity contribution in [2.75, 3.05) is 10.8 Å². The van der Waals surface area contributed by atoms with Crippen LogP contribution in [0, 0.1) is 5.82 Å². The van der Waals surface area contributed by atoms with Crippen molar-refractivity contribution in [3.05, 3.63) is 131 Å². The maximum atomic E-state index is 15.0. The highest BCUT2D eigenvalue weighted by molar-refractivity contribution is 7.92. The van der Waals surface area contributed by atoms with Crippen LogP contribution in [0.3, 0.4) is 0 Å². The number of carbonyl (C=O) groups excluding carboxylic acids is 2. The van der Waals surface area contributed by atoms with Gasteiger partial charge in [0.1, 0.15) is 18.4 Å². The number of anilines is 1. The lowest BCUT2D eigenvalue weighted by Crippen LogP contribution is -2.54. The van der Waals surface area contributed by atoms with E-state index < -0.39 is 40.2 Å². The molecule has 230 valence electrons. The van der Waals surface area contributed by atoms with Gasteiger partial charge in [0.2, 0.25) is 11.8 Å². The van der Waals surface area contributed by atoms with E-state index in [0.717, 1.165) is 9.87 Å². The fraction of sp³-hybridized carbons (Fsp3) is 0.235. The molecule has 0 fully saturated rings. The van der Waals surface area contributed by atoms with Gasteiger partial charge in [0.15, 0.2) is 0 Å². The van der Waals surface area contributed by atoms with Crippen LogP contribution in [-0.4, -0.2) is 43.8 Å². The lowest BCUT2D eigenvalue weighted by Gasteiger charge is -2.34. The smallest absolute Gasteiger partial charge is 0.264 e. The van der Waals surface area contributed by atoms with Crippen LogP contribution in [0.25, 0.3) is 0 Å². The van der Waals surface area contributed by atoms with Crippen molar-refractivity contribution in [3.63, 3.8) is 0 Å². The Morgan fingerprint density at radius 1 is 0.886 bits per heavy atom. The van der Waals surface area contributed by atoms with Crippen LogP contribution in [0.4, 0.5) is 10.1 Å². The van der Waals surface area contributed by atoms with E-state index in [1.165, 1.54) is 47.4 Å². The third-order valence-electron chi connectivity index (χ3n) is 7.28. The summed E-state index contributed by atoms with van der Waals surface area (Å²) in [4.78, 5) is 29.4. The lowest BCUT2D eigenvalue weighted by atomic mass is 10.0. The van der Waals surface area contributed by atoms with Gasteiger partial charge < -0.3 is 10.2 Å². The average molecular weight is 636 g/mol. The number of amides is 2. The van der Waals surface area contributed by atoms with Gasteiger partial charge in [0.05, 0.1) is 10.6 Å². The summed E-state index contributed by atoms with van der Waals surface area (Å²) in [6.07, 6.45) is 0.787. The van der Waals surface area contributed by atoms with Gasteiger partial charge in [0.25, 0.3) is 10.0 Å². The van der Waals surface area contributed by atoms with E-state index in [0.29, 0.717) is 6.42 Å². The molecule has 10 heteroatoms. The Labute approximate surface area is 263 Å². The van der Waals surface area contributed by atoms with Crippen molar-refractivity contribution in [1.29, 1.82) is 0 Å². The molecule has 0 heterocycles. The number of carbonyl (C=O) groups is 2. The SMILES string of the molecule is CC[C@H](C)NC(=O)[C@@H](Cc1ccccc1)N(Cc1ccccc1F)C(=O)CN(c1cccc(Cl)c1)S(=O)(=O)c1ccccc1. The molecule has 2 atom stereocenters. The topological polar surface area (TPSA) is 86.8 Å². The highest BCUT2D eigenvalue weighted by Gasteiger charge is 2.35. The molecule has 0 radical (unpaired) electrons. The summed E-state index contributed by atoms with van der Waals surface area (Å²) >= 11 is 6.24. The summed E-state index contributed by atoms with van der Waals surface area (Å²) in [6, 6.07) is 27.8. The first-order chi connectivity index (χ1) is 21.1. The highest BCUT2D eigenvalue weighted by Crippen LogP contribution is 2.27. The van der Waals surface area contributed by atoms with E-state index in [2.05, 4.69) is 5.32 Å². The summed E-state index contributed by atoms with van der Waals surface area (Å²) in [5, 5.41) is 3.24. The van der Waals surface area contributed by atoms with Crippen LogP contribution in [0.5, 0.6) is 0 Å². The molecule has 0 saturated heterocycles. The fourth-order valence-corrected chi connectivity index (χ4v) is 6.30. The van der Waals surface area contributed by atoms with Gasteiger partial charge in [-0.2, -0.15) is 0 Å². The first-order valence-electron chi connectivity index (χ1n) is 14.3. The van der Waals surface area contributed by atoms with Crippen molar-refractivity contribution in [2.45, 2.75) is 50.2 Å². The molecule has 1 N–H and O–H groups in total. The van der Waals surface area contributed by atoms with Gasteiger partial charge in [-0.3, -0.25) is 13.9 Å². The van der Waals surface area contributed by atoms with Crippen LogP contribution in [-0.2, 0) is 32.6 Å². The molecule has 0 aliphatic rings. The zero-order valence-electron chi connectivity index (χ0n) is 24.6. The van der Waals surface area contributed by atoms with Gasteiger partial charge in [-0.15, -0.1) is 0 Å². The first-order valence-corrected chi connectivity index (χ1v) is 16.1. The highest BCUT2D eigenvalue weighted by atomic mass is 35.5. The van der Waals surface area contributed by atoms with Gasteiger partial charge in [-0.05, 0) is 55.3 Å². The molecule has 0 aromatic heterocycles. The number of halogens is 2. The maximum Gasteiger partial charge on any atom is 0.264 e.